The van der Waals surface area contributed by atoms with Crippen LogP contribution in [0.15, 0.2) is 42.7 Å². The minimum absolute atomic E-state index is 0.366. The molecule has 19 heavy (non-hydrogen) atoms. The van der Waals surface area contributed by atoms with Gasteiger partial charge in [0, 0.05) is 12.7 Å². The van der Waals surface area contributed by atoms with Gasteiger partial charge in [0.15, 0.2) is 0 Å². The number of anilines is 3. The predicted molar refractivity (Wildman–Crippen MR) is 68.5 cm³/mol. The summed E-state index contributed by atoms with van der Waals surface area (Å²) in [7, 11) is 1.74. The fraction of sp³-hybridized carbons (Fsp3) is 0.154. The van der Waals surface area contributed by atoms with Crippen LogP contribution < -0.4 is 10.6 Å². The first-order valence-electron chi connectivity index (χ1n) is 5.56. The van der Waals surface area contributed by atoms with E-state index in [1.54, 1.807) is 31.6 Å². The smallest absolute Gasteiger partial charge is 0.387 e. The summed E-state index contributed by atoms with van der Waals surface area (Å²) in [6, 6.07) is 6.79. The van der Waals surface area contributed by atoms with Gasteiger partial charge in [-0.1, -0.05) is 6.07 Å². The van der Waals surface area contributed by atoms with E-state index in [-0.39, 0.29) is 0 Å². The second-order valence-corrected chi connectivity index (χ2v) is 3.92. The van der Waals surface area contributed by atoms with Gasteiger partial charge in [-0.3, -0.25) is 4.98 Å². The molecule has 1 heterocycles. The molecule has 0 unspecified atom stereocenters. The molecule has 0 fully saturated rings. The molecule has 0 saturated carbocycles. The molecule has 3 nitrogen and oxygen atoms in total. The Kier molecular flexibility index (Phi) is 3.59. The number of benzene rings is 1. The average molecular weight is 267 g/mol. The Hall–Kier alpha value is -2.24. The van der Waals surface area contributed by atoms with Crippen LogP contribution in [0.1, 0.15) is 5.56 Å². The van der Waals surface area contributed by atoms with Crippen LogP contribution in [0.3, 0.4) is 0 Å². The molecule has 2 N–H and O–H groups in total. The predicted octanol–water partition coefficient (Wildman–Crippen LogP) is 3.89. The lowest BCUT2D eigenvalue weighted by Gasteiger charge is -2.11. The lowest BCUT2D eigenvalue weighted by molar-refractivity contribution is -0.137. The normalized spacial score (nSPS) is 11.2. The molecule has 0 amide bonds. The minimum Gasteiger partial charge on any atom is -0.387 e. The highest BCUT2D eigenvalue weighted by Gasteiger charge is 2.30. The minimum atomic E-state index is -4.34. The van der Waals surface area contributed by atoms with Gasteiger partial charge in [0.2, 0.25) is 0 Å². The van der Waals surface area contributed by atoms with E-state index in [1.165, 1.54) is 6.07 Å². The third-order valence-electron chi connectivity index (χ3n) is 2.51. The van der Waals surface area contributed by atoms with Crippen molar-refractivity contribution < 1.29 is 13.2 Å². The zero-order valence-corrected chi connectivity index (χ0v) is 10.1. The molecule has 6 heteroatoms. The van der Waals surface area contributed by atoms with Crippen molar-refractivity contribution in [3.63, 3.8) is 0 Å². The van der Waals surface area contributed by atoms with Crippen molar-refractivity contribution in [2.45, 2.75) is 6.18 Å². The van der Waals surface area contributed by atoms with Crippen molar-refractivity contribution in [3.05, 3.63) is 48.3 Å². The number of hydrogen-bond acceptors (Lipinski definition) is 3. The van der Waals surface area contributed by atoms with E-state index in [0.29, 0.717) is 11.4 Å². The van der Waals surface area contributed by atoms with Gasteiger partial charge in [0.05, 0.1) is 29.3 Å². The summed E-state index contributed by atoms with van der Waals surface area (Å²) >= 11 is 0. The zero-order valence-electron chi connectivity index (χ0n) is 10.1. The molecule has 0 aliphatic carbocycles. The van der Waals surface area contributed by atoms with E-state index >= 15 is 0 Å². The number of nitrogens with one attached hydrogen (secondary N) is 2. The number of pyridine rings is 1. The summed E-state index contributed by atoms with van der Waals surface area (Å²) in [5, 5.41) is 5.79. The Morgan fingerprint density at radius 2 is 1.74 bits per heavy atom. The zero-order chi connectivity index (χ0) is 13.9. The molecule has 0 bridgehead atoms. The standard InChI is InChI=1S/C13H12F3N3/c1-17-11-6-12(8-18-7-11)19-10-4-2-3-9(5-10)13(14,15)16/h2-8,17,19H,1H3. The molecule has 0 aliphatic heterocycles. The van der Waals surface area contributed by atoms with Gasteiger partial charge < -0.3 is 10.6 Å². The first kappa shape index (κ1) is 13.2. The van der Waals surface area contributed by atoms with Crippen LogP contribution in [0.4, 0.5) is 30.2 Å². The van der Waals surface area contributed by atoms with Crippen molar-refractivity contribution in [2.24, 2.45) is 0 Å². The van der Waals surface area contributed by atoms with Crippen molar-refractivity contribution in [2.75, 3.05) is 17.7 Å². The van der Waals surface area contributed by atoms with E-state index in [0.717, 1.165) is 17.8 Å². The third kappa shape index (κ3) is 3.37. The van der Waals surface area contributed by atoms with E-state index in [2.05, 4.69) is 15.6 Å². The number of hydrogen-bond donors (Lipinski definition) is 2. The van der Waals surface area contributed by atoms with Gasteiger partial charge in [-0.2, -0.15) is 13.2 Å². The van der Waals surface area contributed by atoms with E-state index in [9.17, 15) is 13.2 Å². The number of nitrogens with zero attached hydrogens (tertiary/aromatic N) is 1. The molecule has 0 saturated heterocycles. The van der Waals surface area contributed by atoms with Gasteiger partial charge in [-0.25, -0.2) is 0 Å². The maximum Gasteiger partial charge on any atom is 0.416 e. The topological polar surface area (TPSA) is 37.0 Å². The summed E-state index contributed by atoms with van der Waals surface area (Å²) in [4.78, 5) is 3.98. The maximum absolute atomic E-state index is 12.6. The number of alkyl halides is 3. The highest BCUT2D eigenvalue weighted by atomic mass is 19.4. The average Bonchev–Trinajstić information content (AvgIpc) is 2.38. The van der Waals surface area contributed by atoms with Crippen LogP contribution in [0.2, 0.25) is 0 Å². The lowest BCUT2D eigenvalue weighted by atomic mass is 10.2. The van der Waals surface area contributed by atoms with Crippen molar-refractivity contribution in [3.8, 4) is 0 Å². The van der Waals surface area contributed by atoms with Gasteiger partial charge >= 0.3 is 6.18 Å². The van der Waals surface area contributed by atoms with Gasteiger partial charge in [0.1, 0.15) is 0 Å². The van der Waals surface area contributed by atoms with E-state index in [4.69, 9.17) is 0 Å². The van der Waals surface area contributed by atoms with Crippen LogP contribution in [-0.4, -0.2) is 12.0 Å². The fourth-order valence-electron chi connectivity index (χ4n) is 1.58. The summed E-state index contributed by atoms with van der Waals surface area (Å²) in [5.41, 5.74) is 1.07. The lowest BCUT2D eigenvalue weighted by Crippen LogP contribution is -2.05. The van der Waals surface area contributed by atoms with E-state index in [1.807, 2.05) is 0 Å². The second-order valence-electron chi connectivity index (χ2n) is 3.92. The molecule has 0 radical (unpaired) electrons. The van der Waals surface area contributed by atoms with Gasteiger partial charge in [0.25, 0.3) is 0 Å². The maximum atomic E-state index is 12.6. The Bertz CT molecular complexity index is 567. The molecule has 0 aliphatic rings. The Morgan fingerprint density at radius 3 is 2.42 bits per heavy atom. The molecule has 1 aromatic heterocycles. The first-order chi connectivity index (χ1) is 8.99. The van der Waals surface area contributed by atoms with Gasteiger partial charge in [-0.05, 0) is 24.3 Å². The van der Waals surface area contributed by atoms with Crippen molar-refractivity contribution >= 4 is 17.1 Å². The highest BCUT2D eigenvalue weighted by Crippen LogP contribution is 2.31. The fourth-order valence-corrected chi connectivity index (χ4v) is 1.58. The molecule has 100 valence electrons. The summed E-state index contributed by atoms with van der Waals surface area (Å²) in [6.45, 7) is 0. The van der Waals surface area contributed by atoms with Crippen LogP contribution in [0, 0.1) is 0 Å². The van der Waals surface area contributed by atoms with Crippen LogP contribution >= 0.6 is 0 Å². The quantitative estimate of drug-likeness (QED) is 0.886. The Labute approximate surface area is 108 Å². The molecule has 0 spiro atoms. The van der Waals surface area contributed by atoms with Crippen LogP contribution in [0.25, 0.3) is 0 Å². The molecule has 2 rings (SSSR count). The molecular formula is C13H12F3N3. The summed E-state index contributed by atoms with van der Waals surface area (Å²) < 4.78 is 37.7. The largest absolute Gasteiger partial charge is 0.416 e. The SMILES string of the molecule is CNc1cncc(Nc2cccc(C(F)(F)F)c2)c1. The monoisotopic (exact) mass is 267 g/mol. The van der Waals surface area contributed by atoms with Crippen LogP contribution in [0.5, 0.6) is 0 Å². The summed E-state index contributed by atoms with van der Waals surface area (Å²) in [6.07, 6.45) is -1.18. The second kappa shape index (κ2) is 5.17. The number of aromatic nitrogens is 1. The highest BCUT2D eigenvalue weighted by molar-refractivity contribution is 5.63. The molecule has 2 aromatic rings. The number of halogens is 3. The van der Waals surface area contributed by atoms with Crippen molar-refractivity contribution in [1.29, 1.82) is 0 Å². The van der Waals surface area contributed by atoms with Crippen molar-refractivity contribution in [1.82, 2.24) is 4.98 Å². The van der Waals surface area contributed by atoms with E-state index < -0.39 is 11.7 Å². The Morgan fingerprint density at radius 1 is 1.00 bits per heavy atom. The van der Waals surface area contributed by atoms with Gasteiger partial charge in [-0.15, -0.1) is 0 Å². The molecular weight excluding hydrogens is 255 g/mol. The number of rotatable bonds is 3. The third-order valence-corrected chi connectivity index (χ3v) is 2.51. The Balaban J connectivity index is 2.23. The molecule has 0 atom stereocenters. The summed E-state index contributed by atoms with van der Waals surface area (Å²) in [5.74, 6) is 0. The first-order valence-corrected chi connectivity index (χ1v) is 5.56. The van der Waals surface area contributed by atoms with Crippen LogP contribution in [-0.2, 0) is 6.18 Å². The molecule has 1 aromatic carbocycles.